The van der Waals surface area contributed by atoms with Crippen LogP contribution in [0.15, 0.2) is 23.1 Å². The van der Waals surface area contributed by atoms with Crippen LogP contribution in [-0.2, 0) is 9.53 Å². The van der Waals surface area contributed by atoms with Gasteiger partial charge < -0.3 is 14.9 Å². The SMILES string of the molecule is C/C(=C\c1csc(C)n1)[C@@H]1CC(C)C(C)C/C=C\[C@H](C)[C@H](O)[C@@H](C)SC(C)(C)[C@H](O)CC(=O)O1. The van der Waals surface area contributed by atoms with Gasteiger partial charge in [-0.15, -0.1) is 23.1 Å². The lowest BCUT2D eigenvalue weighted by molar-refractivity contribution is -0.150. The largest absolute Gasteiger partial charge is 0.458 e. The molecule has 5 nitrogen and oxygen atoms in total. The number of aromatic nitrogens is 1. The Labute approximate surface area is 214 Å². The van der Waals surface area contributed by atoms with E-state index >= 15 is 0 Å². The van der Waals surface area contributed by atoms with Gasteiger partial charge >= 0.3 is 5.97 Å². The highest BCUT2D eigenvalue weighted by atomic mass is 32.2. The van der Waals surface area contributed by atoms with E-state index in [0.717, 1.165) is 22.7 Å². The summed E-state index contributed by atoms with van der Waals surface area (Å²) in [6.07, 6.45) is 6.00. The van der Waals surface area contributed by atoms with E-state index in [2.05, 4.69) is 31.0 Å². The van der Waals surface area contributed by atoms with E-state index < -0.39 is 22.9 Å². The lowest BCUT2D eigenvalue weighted by Gasteiger charge is -2.35. The van der Waals surface area contributed by atoms with Crippen molar-refractivity contribution in [3.63, 3.8) is 0 Å². The van der Waals surface area contributed by atoms with Gasteiger partial charge in [-0.05, 0) is 64.0 Å². The number of hydrogen-bond acceptors (Lipinski definition) is 7. The Bertz CT molecular complexity index is 863. The second-order valence-corrected chi connectivity index (χ2v) is 13.6. The van der Waals surface area contributed by atoms with Crippen molar-refractivity contribution in [2.45, 2.75) is 103 Å². The van der Waals surface area contributed by atoms with Crippen LogP contribution in [-0.4, -0.2) is 49.5 Å². The van der Waals surface area contributed by atoms with Crippen LogP contribution in [0.5, 0.6) is 0 Å². The number of cyclic esters (lactones) is 1. The zero-order chi connectivity index (χ0) is 25.6. The molecule has 2 unspecified atom stereocenters. The first-order valence-corrected chi connectivity index (χ1v) is 14.1. The fourth-order valence-corrected chi connectivity index (χ4v) is 6.34. The highest BCUT2D eigenvalue weighted by molar-refractivity contribution is 8.01. The summed E-state index contributed by atoms with van der Waals surface area (Å²) in [5.74, 6) is 0.310. The topological polar surface area (TPSA) is 79.7 Å². The number of hydrogen-bond donors (Lipinski definition) is 2. The molecule has 0 fully saturated rings. The molecule has 7 heteroatoms. The number of aliphatic hydroxyl groups excluding tert-OH is 2. The molecular weight excluding hydrogens is 466 g/mol. The van der Waals surface area contributed by atoms with Gasteiger partial charge in [-0.2, -0.15) is 0 Å². The Kier molecular flexibility index (Phi) is 10.9. The molecule has 0 aromatic carbocycles. The van der Waals surface area contributed by atoms with Crippen molar-refractivity contribution >= 4 is 35.1 Å². The molecule has 1 aromatic heterocycles. The lowest BCUT2D eigenvalue weighted by atomic mass is 9.86. The number of ether oxygens (including phenoxy) is 1. The number of nitrogens with zero attached hydrogens (tertiary/aromatic N) is 1. The highest BCUT2D eigenvalue weighted by Gasteiger charge is 2.36. The predicted octanol–water partition coefficient (Wildman–Crippen LogP) is 6.04. The standard InChI is InChI=1S/C27H43NO4S2/c1-16-10-9-11-17(2)26(31)20(5)34-27(7,8)24(29)14-25(30)32-23(13-18(16)3)19(4)12-22-15-33-21(6)28-22/h9,11-12,15-18,20,23-24,26,29,31H,10,13-14H2,1-8H3/b11-9-,19-12+/t16?,17-,18?,20+,23-,24+,26-/m0/s1. The van der Waals surface area contributed by atoms with E-state index in [9.17, 15) is 15.0 Å². The molecule has 0 aliphatic carbocycles. The summed E-state index contributed by atoms with van der Waals surface area (Å²) in [6, 6.07) is 0. The van der Waals surface area contributed by atoms with Gasteiger partial charge in [0, 0.05) is 21.3 Å². The molecule has 2 rings (SSSR count). The summed E-state index contributed by atoms with van der Waals surface area (Å²) in [5, 5.41) is 24.6. The molecule has 1 aromatic rings. The quantitative estimate of drug-likeness (QED) is 0.374. The number of rotatable bonds is 2. The molecule has 2 heterocycles. The van der Waals surface area contributed by atoms with Crippen LogP contribution in [0.4, 0.5) is 0 Å². The zero-order valence-corrected chi connectivity index (χ0v) is 23.6. The molecule has 1 aliphatic rings. The normalized spacial score (nSPS) is 35.5. The van der Waals surface area contributed by atoms with Gasteiger partial charge in [0.1, 0.15) is 6.10 Å². The van der Waals surface area contributed by atoms with Crippen LogP contribution >= 0.6 is 23.1 Å². The molecule has 0 saturated heterocycles. The number of carbonyl (C=O) groups excluding carboxylic acids is 1. The van der Waals surface area contributed by atoms with E-state index in [1.165, 1.54) is 11.8 Å². The van der Waals surface area contributed by atoms with Gasteiger partial charge in [-0.25, -0.2) is 4.98 Å². The summed E-state index contributed by atoms with van der Waals surface area (Å²) in [4.78, 5) is 17.5. The van der Waals surface area contributed by atoms with Crippen molar-refractivity contribution in [2.75, 3.05) is 0 Å². The first-order chi connectivity index (χ1) is 15.8. The molecule has 0 radical (unpaired) electrons. The van der Waals surface area contributed by atoms with E-state index in [4.69, 9.17) is 4.74 Å². The second-order valence-electron chi connectivity index (χ2n) is 10.5. The smallest absolute Gasteiger partial charge is 0.309 e. The number of thiazole rings is 1. The average molecular weight is 510 g/mol. The van der Waals surface area contributed by atoms with Crippen LogP contribution in [0, 0.1) is 24.7 Å². The second kappa shape index (κ2) is 12.7. The molecule has 34 heavy (non-hydrogen) atoms. The van der Waals surface area contributed by atoms with Gasteiger partial charge in [0.2, 0.25) is 0 Å². The third-order valence-electron chi connectivity index (χ3n) is 6.97. The summed E-state index contributed by atoms with van der Waals surface area (Å²) in [6.45, 7) is 16.2. The van der Waals surface area contributed by atoms with Crippen molar-refractivity contribution in [1.29, 1.82) is 0 Å². The molecule has 0 bridgehead atoms. The number of thioether (sulfide) groups is 1. The Morgan fingerprint density at radius 2 is 1.88 bits per heavy atom. The summed E-state index contributed by atoms with van der Waals surface area (Å²) < 4.78 is 5.36. The van der Waals surface area contributed by atoms with E-state index in [1.54, 1.807) is 11.3 Å². The minimum atomic E-state index is -0.888. The maximum atomic E-state index is 12.9. The Morgan fingerprint density at radius 3 is 2.50 bits per heavy atom. The Balaban J connectivity index is 2.32. The third-order valence-corrected chi connectivity index (χ3v) is 9.29. The number of allylic oxidation sites excluding steroid dienone is 1. The molecule has 1 aliphatic heterocycles. The zero-order valence-electron chi connectivity index (χ0n) is 21.9. The van der Waals surface area contributed by atoms with Crippen LogP contribution in [0.25, 0.3) is 6.08 Å². The summed E-state index contributed by atoms with van der Waals surface area (Å²) >= 11 is 3.11. The average Bonchev–Trinajstić information content (AvgIpc) is 3.15. The van der Waals surface area contributed by atoms with E-state index in [0.29, 0.717) is 18.3 Å². The maximum Gasteiger partial charge on any atom is 0.309 e. The molecule has 2 N–H and O–H groups in total. The third kappa shape index (κ3) is 8.51. The van der Waals surface area contributed by atoms with Crippen molar-refractivity contribution in [2.24, 2.45) is 17.8 Å². The van der Waals surface area contributed by atoms with Crippen molar-refractivity contribution in [3.05, 3.63) is 33.8 Å². The molecule has 0 saturated carbocycles. The number of carbonyl (C=O) groups is 1. The number of aliphatic hydroxyl groups is 2. The Hall–Kier alpha value is -1.15. The minimum Gasteiger partial charge on any atom is -0.458 e. The fourth-order valence-electron chi connectivity index (χ4n) is 4.19. The lowest BCUT2D eigenvalue weighted by Crippen LogP contribution is -2.40. The number of aryl methyl sites for hydroxylation is 1. The molecule has 192 valence electrons. The van der Waals surface area contributed by atoms with Crippen LogP contribution in [0.1, 0.15) is 78.4 Å². The van der Waals surface area contributed by atoms with Gasteiger partial charge in [0.15, 0.2) is 0 Å². The first kappa shape index (κ1) is 29.1. The monoisotopic (exact) mass is 509 g/mol. The molecule has 0 spiro atoms. The van der Waals surface area contributed by atoms with Crippen LogP contribution < -0.4 is 0 Å². The van der Waals surface area contributed by atoms with Crippen molar-refractivity contribution < 1.29 is 19.7 Å². The van der Waals surface area contributed by atoms with Crippen molar-refractivity contribution in [3.8, 4) is 0 Å². The van der Waals surface area contributed by atoms with Gasteiger partial charge in [0.25, 0.3) is 0 Å². The predicted molar refractivity (Wildman–Crippen MR) is 144 cm³/mol. The summed E-state index contributed by atoms with van der Waals surface area (Å²) in [5.41, 5.74) is 1.84. The van der Waals surface area contributed by atoms with Crippen LogP contribution in [0.3, 0.4) is 0 Å². The van der Waals surface area contributed by atoms with Gasteiger partial charge in [-0.1, -0.05) is 39.8 Å². The molecule has 0 amide bonds. The Morgan fingerprint density at radius 1 is 1.21 bits per heavy atom. The van der Waals surface area contributed by atoms with Crippen molar-refractivity contribution in [1.82, 2.24) is 4.98 Å². The highest BCUT2D eigenvalue weighted by Crippen LogP contribution is 2.37. The van der Waals surface area contributed by atoms with E-state index in [1.807, 2.05) is 53.0 Å². The minimum absolute atomic E-state index is 0.00955. The molecular formula is C27H43NO4S2. The number of esters is 1. The summed E-state index contributed by atoms with van der Waals surface area (Å²) in [7, 11) is 0. The maximum absolute atomic E-state index is 12.9. The fraction of sp³-hybridized carbons (Fsp3) is 0.704. The van der Waals surface area contributed by atoms with Crippen LogP contribution in [0.2, 0.25) is 0 Å². The van der Waals surface area contributed by atoms with E-state index in [-0.39, 0.29) is 23.7 Å². The first-order valence-electron chi connectivity index (χ1n) is 12.3. The van der Waals surface area contributed by atoms with Gasteiger partial charge in [-0.3, -0.25) is 4.79 Å². The molecule has 7 atom stereocenters. The van der Waals surface area contributed by atoms with Gasteiger partial charge in [0.05, 0.1) is 29.3 Å².